The molecule has 0 atom stereocenters. The molecule has 1 aliphatic rings. The van der Waals surface area contributed by atoms with Crippen LogP contribution in [0.1, 0.15) is 18.1 Å². The van der Waals surface area contributed by atoms with E-state index in [2.05, 4.69) is 0 Å². The van der Waals surface area contributed by atoms with Crippen LogP contribution in [0, 0.1) is 5.82 Å². The summed E-state index contributed by atoms with van der Waals surface area (Å²) in [5.74, 6) is -1.50. The molecule has 9 heteroatoms. The molecule has 0 spiro atoms. The molecular formula is C24H20ClFN2O4S. The number of thiazole rings is 1. The van der Waals surface area contributed by atoms with Gasteiger partial charge in [0.05, 0.1) is 22.2 Å². The summed E-state index contributed by atoms with van der Waals surface area (Å²) in [5.41, 5.74) is 1.42. The number of fused-ring (bicyclic) bond motifs is 1. The third-order valence-corrected chi connectivity index (χ3v) is 6.61. The number of carbonyl (C=O) groups excluding carboxylic acids is 2. The van der Waals surface area contributed by atoms with E-state index in [4.69, 9.17) is 16.3 Å². The van der Waals surface area contributed by atoms with E-state index in [1.807, 2.05) is 24.3 Å². The summed E-state index contributed by atoms with van der Waals surface area (Å²) in [5, 5.41) is 0.148. The quantitative estimate of drug-likeness (QED) is 0.520. The van der Waals surface area contributed by atoms with E-state index < -0.39 is 17.3 Å². The molecule has 170 valence electrons. The summed E-state index contributed by atoms with van der Waals surface area (Å²) in [6, 6.07) is 11.8. The zero-order valence-corrected chi connectivity index (χ0v) is 19.3. The van der Waals surface area contributed by atoms with E-state index in [1.54, 1.807) is 11.8 Å². The molecule has 0 N–H and O–H groups in total. The van der Waals surface area contributed by atoms with Gasteiger partial charge in [-0.15, -0.1) is 11.3 Å². The zero-order chi connectivity index (χ0) is 23.5. The van der Waals surface area contributed by atoms with Crippen molar-refractivity contribution in [3.63, 3.8) is 0 Å². The summed E-state index contributed by atoms with van der Waals surface area (Å²) < 4.78 is 20.8. The maximum Gasteiger partial charge on any atom is 0.333 e. The Morgan fingerprint density at radius 3 is 2.76 bits per heavy atom. The lowest BCUT2D eigenvalue weighted by Gasteiger charge is -2.17. The van der Waals surface area contributed by atoms with Crippen LogP contribution in [-0.4, -0.2) is 29.6 Å². The Morgan fingerprint density at radius 2 is 2.00 bits per heavy atom. The van der Waals surface area contributed by atoms with Gasteiger partial charge in [-0.2, -0.15) is 0 Å². The van der Waals surface area contributed by atoms with E-state index in [0.29, 0.717) is 6.54 Å². The van der Waals surface area contributed by atoms with Crippen LogP contribution >= 0.6 is 22.9 Å². The number of nitrogens with zero attached hydrogens (tertiary/aromatic N) is 2. The van der Waals surface area contributed by atoms with Gasteiger partial charge >= 0.3 is 5.97 Å². The first-order valence-electron chi connectivity index (χ1n) is 10.3. The largest absolute Gasteiger partial charge is 0.463 e. The van der Waals surface area contributed by atoms with Crippen LogP contribution in [0.3, 0.4) is 0 Å². The Kier molecular flexibility index (Phi) is 6.76. The number of carbonyl (C=O) groups is 2. The second-order valence-electron chi connectivity index (χ2n) is 7.30. The number of amides is 1. The highest BCUT2D eigenvalue weighted by atomic mass is 35.5. The van der Waals surface area contributed by atoms with Crippen LogP contribution in [0.2, 0.25) is 5.02 Å². The van der Waals surface area contributed by atoms with Crippen molar-refractivity contribution in [2.45, 2.75) is 19.9 Å². The van der Waals surface area contributed by atoms with Crippen LogP contribution in [0.4, 0.5) is 10.1 Å². The van der Waals surface area contributed by atoms with E-state index in [1.165, 1.54) is 34.9 Å². The fourth-order valence-electron chi connectivity index (χ4n) is 3.68. The highest BCUT2D eigenvalue weighted by molar-refractivity contribution is 7.07. The molecular weight excluding hydrogens is 467 g/mol. The fourth-order valence-corrected chi connectivity index (χ4v) is 4.91. The third kappa shape index (κ3) is 4.77. The molecule has 0 saturated heterocycles. The fraction of sp³-hybridized carbons (Fsp3) is 0.208. The summed E-state index contributed by atoms with van der Waals surface area (Å²) in [7, 11) is 0. The van der Waals surface area contributed by atoms with Crippen molar-refractivity contribution in [2.75, 3.05) is 18.1 Å². The molecule has 2 aromatic carbocycles. The average molecular weight is 487 g/mol. The van der Waals surface area contributed by atoms with Crippen LogP contribution in [0.15, 0.2) is 47.3 Å². The molecule has 0 radical (unpaired) electrons. The highest BCUT2D eigenvalue weighted by Crippen LogP contribution is 2.27. The molecule has 0 fully saturated rings. The maximum atomic E-state index is 14.3. The number of benzene rings is 2. The molecule has 33 heavy (non-hydrogen) atoms. The summed E-state index contributed by atoms with van der Waals surface area (Å²) in [4.78, 5) is 40.0. The number of halogens is 2. The van der Waals surface area contributed by atoms with Crippen molar-refractivity contribution in [3.8, 4) is 0 Å². The second-order valence-corrected chi connectivity index (χ2v) is 8.77. The monoisotopic (exact) mass is 486 g/mol. The first-order valence-corrected chi connectivity index (χ1v) is 11.5. The predicted octanol–water partition coefficient (Wildman–Crippen LogP) is 2.46. The zero-order valence-electron chi connectivity index (χ0n) is 17.7. The Labute approximate surface area is 197 Å². The van der Waals surface area contributed by atoms with Crippen molar-refractivity contribution >= 4 is 52.7 Å². The minimum absolute atomic E-state index is 0.0622. The van der Waals surface area contributed by atoms with Gasteiger partial charge in [0.2, 0.25) is 5.91 Å². The lowest BCUT2D eigenvalue weighted by molar-refractivity contribution is -0.135. The Hall–Kier alpha value is -3.23. The number of aromatic nitrogens is 1. The predicted molar refractivity (Wildman–Crippen MR) is 126 cm³/mol. The van der Waals surface area contributed by atoms with Gasteiger partial charge in [0.1, 0.15) is 17.0 Å². The smallest absolute Gasteiger partial charge is 0.333 e. The van der Waals surface area contributed by atoms with Gasteiger partial charge < -0.3 is 9.64 Å². The van der Waals surface area contributed by atoms with Crippen molar-refractivity contribution in [1.82, 2.24) is 4.57 Å². The first-order chi connectivity index (χ1) is 15.9. The van der Waals surface area contributed by atoms with Crippen LogP contribution in [-0.2, 0) is 27.3 Å². The van der Waals surface area contributed by atoms with Crippen LogP contribution in [0.25, 0.3) is 12.2 Å². The first kappa shape index (κ1) is 22.9. The molecule has 3 aromatic rings. The standard InChI is InChI=1S/C24H20ClFN2O4S/c1-2-32-23(30)13-22-28(14-21(29)27-11-10-15-6-3-4-9-19(15)27)24(31)20(33-22)12-16-17(25)7-5-8-18(16)26/h3-9,12-13H,2,10-11,14H2,1H3/b20-12-,22-13-. The summed E-state index contributed by atoms with van der Waals surface area (Å²) in [6.07, 6.45) is 3.23. The molecule has 1 amide bonds. The Morgan fingerprint density at radius 1 is 1.21 bits per heavy atom. The van der Waals surface area contributed by atoms with E-state index in [-0.39, 0.29) is 38.8 Å². The van der Waals surface area contributed by atoms with E-state index in [0.717, 1.165) is 29.0 Å². The molecule has 0 saturated carbocycles. The van der Waals surface area contributed by atoms with Gasteiger partial charge in [-0.1, -0.05) is 35.9 Å². The van der Waals surface area contributed by atoms with Gasteiger partial charge in [-0.05, 0) is 43.2 Å². The number of hydrogen-bond donors (Lipinski definition) is 0. The minimum atomic E-state index is -0.637. The SMILES string of the molecule is CCOC(=O)/C=c1\s/c(=C\c2c(F)cccc2Cl)c(=O)n1CC(=O)N1CCc2ccccc21. The number of rotatable bonds is 5. The Bertz CT molecular complexity index is 1390. The van der Waals surface area contributed by atoms with Crippen LogP contribution < -0.4 is 19.7 Å². The van der Waals surface area contributed by atoms with Gasteiger partial charge in [-0.3, -0.25) is 14.2 Å². The van der Waals surface area contributed by atoms with Crippen molar-refractivity contribution in [2.24, 2.45) is 0 Å². The van der Waals surface area contributed by atoms with Crippen molar-refractivity contribution in [1.29, 1.82) is 0 Å². The van der Waals surface area contributed by atoms with Crippen LogP contribution in [0.5, 0.6) is 0 Å². The molecule has 1 aliphatic heterocycles. The molecule has 6 nitrogen and oxygen atoms in total. The highest BCUT2D eigenvalue weighted by Gasteiger charge is 2.25. The number of ether oxygens (including phenoxy) is 1. The third-order valence-electron chi connectivity index (χ3n) is 5.22. The van der Waals surface area contributed by atoms with Gasteiger partial charge in [0, 0.05) is 17.8 Å². The average Bonchev–Trinajstić information content (AvgIpc) is 3.33. The van der Waals surface area contributed by atoms with Gasteiger partial charge in [-0.25, -0.2) is 9.18 Å². The molecule has 1 aromatic heterocycles. The number of anilines is 1. The normalized spacial score (nSPS) is 14.0. The van der Waals surface area contributed by atoms with Gasteiger partial charge in [0.25, 0.3) is 5.56 Å². The van der Waals surface area contributed by atoms with Crippen molar-refractivity contribution < 1.29 is 18.7 Å². The molecule has 0 unspecified atom stereocenters. The van der Waals surface area contributed by atoms with Gasteiger partial charge in [0.15, 0.2) is 0 Å². The topological polar surface area (TPSA) is 68.6 Å². The lowest BCUT2D eigenvalue weighted by atomic mass is 10.2. The number of para-hydroxylation sites is 1. The second kappa shape index (κ2) is 9.72. The van der Waals surface area contributed by atoms with E-state index >= 15 is 0 Å². The molecule has 4 rings (SSSR count). The maximum absolute atomic E-state index is 14.3. The summed E-state index contributed by atoms with van der Waals surface area (Å²) in [6.45, 7) is 2.07. The Balaban J connectivity index is 1.79. The molecule has 0 aliphatic carbocycles. The molecule has 0 bridgehead atoms. The number of hydrogen-bond acceptors (Lipinski definition) is 5. The summed E-state index contributed by atoms with van der Waals surface area (Å²) >= 11 is 7.07. The van der Waals surface area contributed by atoms with E-state index in [9.17, 15) is 18.8 Å². The number of esters is 1. The lowest BCUT2D eigenvalue weighted by Crippen LogP contribution is -2.40. The van der Waals surface area contributed by atoms with Crippen molar-refractivity contribution in [3.05, 3.63) is 84.0 Å². The minimum Gasteiger partial charge on any atom is -0.463 e. The molecule has 2 heterocycles.